The van der Waals surface area contributed by atoms with E-state index in [4.69, 9.17) is 5.73 Å². The Morgan fingerprint density at radius 2 is 1.84 bits per heavy atom. The smallest absolute Gasteiger partial charge is 0.189 e. The normalized spacial score (nSPS) is 15.8. The van der Waals surface area contributed by atoms with Crippen LogP contribution in [-0.4, -0.2) is 5.78 Å². The first-order chi connectivity index (χ1) is 9.16. The summed E-state index contributed by atoms with van der Waals surface area (Å²) in [4.78, 5) is 12.5. The lowest BCUT2D eigenvalue weighted by Crippen LogP contribution is -1.99. The van der Waals surface area contributed by atoms with Gasteiger partial charge in [-0.2, -0.15) is 0 Å². The summed E-state index contributed by atoms with van der Waals surface area (Å²) in [6.45, 7) is 1.96. The molecule has 0 saturated carbocycles. The molecule has 0 unspecified atom stereocenters. The molecule has 2 aromatic rings. The van der Waals surface area contributed by atoms with Crippen LogP contribution >= 0.6 is 0 Å². The van der Waals surface area contributed by atoms with Crippen molar-refractivity contribution in [1.29, 1.82) is 0 Å². The number of hydrogen-bond acceptors (Lipinski definition) is 2. The van der Waals surface area contributed by atoms with Gasteiger partial charge in [-0.3, -0.25) is 4.79 Å². The third-order valence-electron chi connectivity index (χ3n) is 3.58. The number of carbonyl (C=O) groups is 1. The van der Waals surface area contributed by atoms with Gasteiger partial charge in [0.2, 0.25) is 0 Å². The van der Waals surface area contributed by atoms with Crippen LogP contribution in [0.5, 0.6) is 0 Å². The summed E-state index contributed by atoms with van der Waals surface area (Å²) < 4.78 is 0. The highest BCUT2D eigenvalue weighted by atomic mass is 16.1. The molecule has 0 bridgehead atoms. The molecular weight excluding hydrogens is 234 g/mol. The van der Waals surface area contributed by atoms with Gasteiger partial charge < -0.3 is 5.73 Å². The van der Waals surface area contributed by atoms with Gasteiger partial charge in [-0.05, 0) is 35.8 Å². The summed E-state index contributed by atoms with van der Waals surface area (Å²) in [6.07, 6.45) is 2.60. The van der Waals surface area contributed by atoms with Gasteiger partial charge in [-0.15, -0.1) is 0 Å². The molecule has 94 valence electrons. The summed E-state index contributed by atoms with van der Waals surface area (Å²) in [6, 6.07) is 13.7. The summed E-state index contributed by atoms with van der Waals surface area (Å²) in [7, 11) is 0. The van der Waals surface area contributed by atoms with Gasteiger partial charge >= 0.3 is 0 Å². The second kappa shape index (κ2) is 4.39. The Bertz CT molecular complexity index is 684. The molecular formula is C17H15NO. The zero-order valence-corrected chi connectivity index (χ0v) is 10.8. The summed E-state index contributed by atoms with van der Waals surface area (Å²) in [5.41, 5.74) is 11.3. The molecule has 2 aromatic carbocycles. The maximum Gasteiger partial charge on any atom is 0.189 e. The second-order valence-corrected chi connectivity index (χ2v) is 4.91. The molecule has 1 aliphatic carbocycles. The Balaban J connectivity index is 2.07. The van der Waals surface area contributed by atoms with Gasteiger partial charge in [0.1, 0.15) is 0 Å². The van der Waals surface area contributed by atoms with Crippen LogP contribution in [0.4, 0.5) is 5.69 Å². The molecule has 0 atom stereocenters. The summed E-state index contributed by atoms with van der Waals surface area (Å²) in [5, 5.41) is 0. The van der Waals surface area contributed by atoms with Crippen molar-refractivity contribution in [3.05, 3.63) is 70.3 Å². The van der Waals surface area contributed by atoms with E-state index in [1.54, 1.807) is 0 Å². The molecule has 2 heteroatoms. The molecule has 0 aromatic heterocycles. The fourth-order valence-corrected chi connectivity index (χ4v) is 2.59. The molecule has 3 rings (SSSR count). The Morgan fingerprint density at radius 1 is 1.11 bits per heavy atom. The fourth-order valence-electron chi connectivity index (χ4n) is 2.59. The Kier molecular flexibility index (Phi) is 2.71. The number of allylic oxidation sites excluding steroid dienone is 1. The molecule has 19 heavy (non-hydrogen) atoms. The van der Waals surface area contributed by atoms with Crippen LogP contribution in [0.3, 0.4) is 0 Å². The molecule has 0 fully saturated rings. The Morgan fingerprint density at radius 3 is 2.53 bits per heavy atom. The van der Waals surface area contributed by atoms with Gasteiger partial charge in [0, 0.05) is 23.2 Å². The first-order valence-corrected chi connectivity index (χ1v) is 6.35. The maximum absolute atomic E-state index is 12.5. The van der Waals surface area contributed by atoms with Crippen LogP contribution in [0, 0.1) is 6.92 Å². The number of nitrogens with two attached hydrogens (primary N) is 1. The van der Waals surface area contributed by atoms with Gasteiger partial charge in [0.25, 0.3) is 0 Å². The molecule has 0 radical (unpaired) electrons. The number of nitrogen functional groups attached to an aromatic ring is 1. The minimum absolute atomic E-state index is 0.114. The van der Waals surface area contributed by atoms with E-state index in [9.17, 15) is 4.79 Å². The number of hydrogen-bond donors (Lipinski definition) is 1. The highest BCUT2D eigenvalue weighted by molar-refractivity contribution is 6.17. The van der Waals surface area contributed by atoms with E-state index in [1.165, 1.54) is 0 Å². The lowest BCUT2D eigenvalue weighted by molar-refractivity contribution is 0.104. The summed E-state index contributed by atoms with van der Waals surface area (Å²) in [5.74, 6) is 0.114. The van der Waals surface area contributed by atoms with E-state index in [1.807, 2.05) is 55.5 Å². The monoisotopic (exact) mass is 249 g/mol. The number of aryl methyl sites for hydroxylation is 1. The van der Waals surface area contributed by atoms with E-state index in [0.717, 1.165) is 27.8 Å². The van der Waals surface area contributed by atoms with Crippen molar-refractivity contribution in [2.45, 2.75) is 13.3 Å². The van der Waals surface area contributed by atoms with E-state index in [2.05, 4.69) is 0 Å². The lowest BCUT2D eigenvalue weighted by atomic mass is 10.0. The molecule has 0 heterocycles. The quantitative estimate of drug-likeness (QED) is 0.621. The molecule has 0 spiro atoms. The zero-order valence-electron chi connectivity index (χ0n) is 10.8. The van der Waals surface area contributed by atoms with Crippen molar-refractivity contribution in [3.63, 3.8) is 0 Å². The van der Waals surface area contributed by atoms with Gasteiger partial charge in [0.15, 0.2) is 5.78 Å². The average Bonchev–Trinajstić information content (AvgIpc) is 2.74. The molecule has 0 saturated heterocycles. The van der Waals surface area contributed by atoms with Crippen LogP contribution in [-0.2, 0) is 6.42 Å². The number of ketones is 1. The predicted molar refractivity (Wildman–Crippen MR) is 78.0 cm³/mol. The van der Waals surface area contributed by atoms with Crippen molar-refractivity contribution in [3.8, 4) is 0 Å². The molecule has 0 aliphatic heterocycles. The molecule has 1 aliphatic rings. The lowest BCUT2D eigenvalue weighted by Gasteiger charge is -2.04. The summed E-state index contributed by atoms with van der Waals surface area (Å²) >= 11 is 0. The van der Waals surface area contributed by atoms with Crippen molar-refractivity contribution >= 4 is 17.5 Å². The van der Waals surface area contributed by atoms with Crippen molar-refractivity contribution in [2.75, 3.05) is 5.73 Å². The third-order valence-corrected chi connectivity index (χ3v) is 3.58. The van der Waals surface area contributed by atoms with Gasteiger partial charge in [-0.25, -0.2) is 0 Å². The van der Waals surface area contributed by atoms with Gasteiger partial charge in [0.05, 0.1) is 0 Å². The number of fused-ring (bicyclic) bond motifs is 1. The van der Waals surface area contributed by atoms with E-state index in [-0.39, 0.29) is 5.78 Å². The minimum Gasteiger partial charge on any atom is -0.398 e. The van der Waals surface area contributed by atoms with Crippen molar-refractivity contribution in [2.24, 2.45) is 0 Å². The first kappa shape index (κ1) is 11.7. The SMILES string of the molecule is Cc1ccc(N)c2c1C(=O)/C(=C/c1ccccc1)C2. The highest BCUT2D eigenvalue weighted by Gasteiger charge is 2.27. The molecule has 2 N–H and O–H groups in total. The van der Waals surface area contributed by atoms with Crippen LogP contribution in [0.1, 0.15) is 27.0 Å². The topological polar surface area (TPSA) is 43.1 Å². The maximum atomic E-state index is 12.5. The number of carbonyl (C=O) groups excluding carboxylic acids is 1. The van der Waals surface area contributed by atoms with Gasteiger partial charge in [-0.1, -0.05) is 36.4 Å². The van der Waals surface area contributed by atoms with Crippen LogP contribution in [0.15, 0.2) is 48.0 Å². The number of Topliss-reactive ketones (excluding diaryl/α,β-unsaturated/α-hetero) is 1. The van der Waals surface area contributed by atoms with Crippen LogP contribution in [0.2, 0.25) is 0 Å². The zero-order chi connectivity index (χ0) is 13.4. The van der Waals surface area contributed by atoms with Crippen LogP contribution in [0.25, 0.3) is 6.08 Å². The van der Waals surface area contributed by atoms with E-state index in [0.29, 0.717) is 12.1 Å². The largest absolute Gasteiger partial charge is 0.398 e. The second-order valence-electron chi connectivity index (χ2n) is 4.91. The molecule has 2 nitrogen and oxygen atoms in total. The van der Waals surface area contributed by atoms with E-state index >= 15 is 0 Å². The Hall–Kier alpha value is -2.35. The van der Waals surface area contributed by atoms with Crippen molar-refractivity contribution < 1.29 is 4.79 Å². The fraction of sp³-hybridized carbons (Fsp3) is 0.118. The van der Waals surface area contributed by atoms with E-state index < -0.39 is 0 Å². The predicted octanol–water partition coefficient (Wildman–Crippen LogP) is 3.40. The number of anilines is 1. The highest BCUT2D eigenvalue weighted by Crippen LogP contribution is 2.33. The third kappa shape index (κ3) is 1.95. The Labute approximate surface area is 112 Å². The average molecular weight is 249 g/mol. The van der Waals surface area contributed by atoms with Crippen LogP contribution < -0.4 is 5.73 Å². The van der Waals surface area contributed by atoms with Crippen molar-refractivity contribution in [1.82, 2.24) is 0 Å². The first-order valence-electron chi connectivity index (χ1n) is 6.35. The number of benzene rings is 2. The molecule has 0 amide bonds. The standard InChI is InChI=1S/C17H15NO/c1-11-7-8-15(18)14-10-13(17(19)16(11)14)9-12-5-3-2-4-6-12/h2-9H,10,18H2,1H3/b13-9+. The minimum atomic E-state index is 0.114. The number of rotatable bonds is 1.